The molecule has 1 saturated heterocycles. The van der Waals surface area contributed by atoms with Crippen LogP contribution in [0.1, 0.15) is 54.8 Å². The molecule has 1 aliphatic rings. The summed E-state index contributed by atoms with van der Waals surface area (Å²) in [5.74, 6) is -0.0333. The van der Waals surface area contributed by atoms with E-state index in [1.807, 2.05) is 19.3 Å². The van der Waals surface area contributed by atoms with Crippen molar-refractivity contribution in [1.29, 1.82) is 0 Å². The molecule has 1 aliphatic heterocycles. The highest BCUT2D eigenvalue weighted by Gasteiger charge is 2.25. The standard InChI is InChI=1S/C25H31N3O4/c1-3-31-18(2)28-17-22(20-8-11-26-16-23(20)28)19-9-12-27(13-10-19)14-15-32-24-7-5-4-6-21(24)25(29)30/h4-8,11,16-19H,3,9-10,12-15H2,1-2H3,(H,29,30). The van der Waals surface area contributed by atoms with Gasteiger partial charge >= 0.3 is 5.97 Å². The number of carboxylic acid groups (broad SMARTS) is 1. The van der Waals surface area contributed by atoms with Gasteiger partial charge in [0.1, 0.15) is 24.1 Å². The largest absolute Gasteiger partial charge is 0.491 e. The monoisotopic (exact) mass is 437 g/mol. The first-order chi connectivity index (χ1) is 15.6. The van der Waals surface area contributed by atoms with E-state index in [1.165, 1.54) is 10.9 Å². The first-order valence-electron chi connectivity index (χ1n) is 11.3. The molecule has 0 amide bonds. The van der Waals surface area contributed by atoms with E-state index < -0.39 is 5.97 Å². The lowest BCUT2D eigenvalue weighted by molar-refractivity contribution is 0.0278. The number of carbonyl (C=O) groups is 1. The predicted molar refractivity (Wildman–Crippen MR) is 123 cm³/mol. The quantitative estimate of drug-likeness (QED) is 0.529. The second kappa shape index (κ2) is 10.1. The lowest BCUT2D eigenvalue weighted by Gasteiger charge is -2.31. The van der Waals surface area contributed by atoms with Crippen molar-refractivity contribution in [3.05, 3.63) is 60.0 Å². The molecule has 0 saturated carbocycles. The van der Waals surface area contributed by atoms with E-state index in [-0.39, 0.29) is 11.8 Å². The molecule has 2 aromatic heterocycles. The number of nitrogens with zero attached hydrogens (tertiary/aromatic N) is 3. The number of rotatable bonds is 9. The molecular formula is C25H31N3O4. The van der Waals surface area contributed by atoms with Gasteiger partial charge in [0, 0.05) is 30.9 Å². The molecule has 1 aromatic carbocycles. The zero-order valence-electron chi connectivity index (χ0n) is 18.7. The number of para-hydroxylation sites is 1. The SMILES string of the molecule is CCOC(C)n1cc(C2CCN(CCOc3ccccc3C(=O)O)CC2)c2ccncc21. The minimum atomic E-state index is -0.963. The number of ether oxygens (including phenoxy) is 2. The van der Waals surface area contributed by atoms with Crippen molar-refractivity contribution in [2.75, 3.05) is 32.8 Å². The van der Waals surface area contributed by atoms with Gasteiger partial charge in [-0.1, -0.05) is 12.1 Å². The van der Waals surface area contributed by atoms with Crippen molar-refractivity contribution < 1.29 is 19.4 Å². The molecule has 0 aliphatic carbocycles. The van der Waals surface area contributed by atoms with Crippen LogP contribution in [0.3, 0.4) is 0 Å². The topological polar surface area (TPSA) is 76.8 Å². The molecule has 0 bridgehead atoms. The second-order valence-electron chi connectivity index (χ2n) is 8.20. The third kappa shape index (κ3) is 4.79. The Balaban J connectivity index is 1.36. The summed E-state index contributed by atoms with van der Waals surface area (Å²) < 4.78 is 13.8. The minimum absolute atomic E-state index is 0.0219. The zero-order valence-corrected chi connectivity index (χ0v) is 18.7. The Morgan fingerprint density at radius 2 is 2.03 bits per heavy atom. The summed E-state index contributed by atoms with van der Waals surface area (Å²) in [5.41, 5.74) is 2.70. The fourth-order valence-electron chi connectivity index (χ4n) is 4.59. The molecule has 7 nitrogen and oxygen atoms in total. The minimum Gasteiger partial charge on any atom is -0.491 e. The molecule has 170 valence electrons. The van der Waals surface area contributed by atoms with Gasteiger partial charge in [0.25, 0.3) is 0 Å². The lowest BCUT2D eigenvalue weighted by atomic mass is 9.89. The molecule has 1 atom stereocenters. The Hall–Kier alpha value is -2.90. The number of benzene rings is 1. The summed E-state index contributed by atoms with van der Waals surface area (Å²) in [4.78, 5) is 18.0. The Morgan fingerprint density at radius 1 is 1.25 bits per heavy atom. The molecule has 32 heavy (non-hydrogen) atoms. The van der Waals surface area contributed by atoms with E-state index in [0.29, 0.717) is 24.9 Å². The number of hydrogen-bond acceptors (Lipinski definition) is 5. The third-order valence-electron chi connectivity index (χ3n) is 6.28. The molecule has 4 rings (SSSR count). The number of pyridine rings is 1. The normalized spacial score (nSPS) is 16.3. The van der Waals surface area contributed by atoms with Crippen molar-refractivity contribution in [3.63, 3.8) is 0 Å². The van der Waals surface area contributed by atoms with Crippen LogP contribution in [0.4, 0.5) is 0 Å². The van der Waals surface area contributed by atoms with Gasteiger partial charge in [0.2, 0.25) is 0 Å². The smallest absolute Gasteiger partial charge is 0.339 e. The van der Waals surface area contributed by atoms with Crippen molar-refractivity contribution in [2.45, 2.75) is 38.8 Å². The summed E-state index contributed by atoms with van der Waals surface area (Å²) in [5, 5.41) is 10.6. The van der Waals surface area contributed by atoms with Gasteiger partial charge in [-0.15, -0.1) is 0 Å². The summed E-state index contributed by atoms with van der Waals surface area (Å²) in [6, 6.07) is 8.90. The van der Waals surface area contributed by atoms with Gasteiger partial charge in [-0.05, 0) is 69.5 Å². The lowest BCUT2D eigenvalue weighted by Crippen LogP contribution is -2.35. The van der Waals surface area contributed by atoms with E-state index in [2.05, 4.69) is 33.6 Å². The van der Waals surface area contributed by atoms with E-state index in [0.717, 1.165) is 38.0 Å². The Morgan fingerprint density at radius 3 is 2.78 bits per heavy atom. The molecule has 1 unspecified atom stereocenters. The average molecular weight is 438 g/mol. The van der Waals surface area contributed by atoms with Crippen LogP contribution >= 0.6 is 0 Å². The number of likely N-dealkylation sites (tertiary alicyclic amines) is 1. The second-order valence-corrected chi connectivity index (χ2v) is 8.20. The summed E-state index contributed by atoms with van der Waals surface area (Å²) in [6.45, 7) is 8.01. The summed E-state index contributed by atoms with van der Waals surface area (Å²) >= 11 is 0. The van der Waals surface area contributed by atoms with E-state index in [1.54, 1.807) is 24.3 Å². The number of piperidine rings is 1. The van der Waals surface area contributed by atoms with Crippen LogP contribution in [0, 0.1) is 0 Å². The molecule has 1 N–H and O–H groups in total. The van der Waals surface area contributed by atoms with Gasteiger partial charge in [-0.25, -0.2) is 4.79 Å². The third-order valence-corrected chi connectivity index (χ3v) is 6.28. The van der Waals surface area contributed by atoms with Crippen LogP contribution in [-0.4, -0.2) is 58.4 Å². The maximum absolute atomic E-state index is 11.3. The summed E-state index contributed by atoms with van der Waals surface area (Å²) in [7, 11) is 0. The molecule has 1 fully saturated rings. The Bertz CT molecular complexity index is 1060. The molecule has 0 spiro atoms. The Labute approximate surface area is 188 Å². The number of aromatic nitrogens is 2. The predicted octanol–water partition coefficient (Wildman–Crippen LogP) is 4.55. The van der Waals surface area contributed by atoms with Gasteiger partial charge in [0.05, 0.1) is 11.7 Å². The van der Waals surface area contributed by atoms with Gasteiger partial charge in [-0.3, -0.25) is 9.88 Å². The fourth-order valence-corrected chi connectivity index (χ4v) is 4.59. The highest BCUT2D eigenvalue weighted by atomic mass is 16.5. The molecule has 3 aromatic rings. The molecular weight excluding hydrogens is 406 g/mol. The fraction of sp³-hybridized carbons (Fsp3) is 0.440. The van der Waals surface area contributed by atoms with Gasteiger partial charge in [0.15, 0.2) is 0 Å². The van der Waals surface area contributed by atoms with Gasteiger partial charge in [-0.2, -0.15) is 0 Å². The number of fused-ring (bicyclic) bond motifs is 1. The van der Waals surface area contributed by atoms with Crippen LogP contribution < -0.4 is 4.74 Å². The first-order valence-corrected chi connectivity index (χ1v) is 11.3. The van der Waals surface area contributed by atoms with E-state index in [4.69, 9.17) is 9.47 Å². The summed E-state index contributed by atoms with van der Waals surface area (Å²) in [6.07, 6.45) is 8.18. The zero-order chi connectivity index (χ0) is 22.5. The van der Waals surface area contributed by atoms with E-state index >= 15 is 0 Å². The molecule has 3 heterocycles. The van der Waals surface area contributed by atoms with Crippen LogP contribution in [-0.2, 0) is 4.74 Å². The highest BCUT2D eigenvalue weighted by Crippen LogP contribution is 2.35. The molecule has 7 heteroatoms. The van der Waals surface area contributed by atoms with Crippen molar-refractivity contribution in [1.82, 2.24) is 14.5 Å². The van der Waals surface area contributed by atoms with Crippen LogP contribution in [0.15, 0.2) is 48.9 Å². The maximum Gasteiger partial charge on any atom is 0.339 e. The van der Waals surface area contributed by atoms with Crippen LogP contribution in [0.5, 0.6) is 5.75 Å². The Kier molecular flexibility index (Phi) is 7.07. The highest BCUT2D eigenvalue weighted by molar-refractivity contribution is 5.90. The number of carboxylic acids is 1. The first kappa shape index (κ1) is 22.3. The van der Waals surface area contributed by atoms with Crippen molar-refractivity contribution in [3.8, 4) is 5.75 Å². The van der Waals surface area contributed by atoms with E-state index in [9.17, 15) is 9.90 Å². The molecule has 0 radical (unpaired) electrons. The van der Waals surface area contributed by atoms with Crippen LogP contribution in [0.2, 0.25) is 0 Å². The average Bonchev–Trinajstić information content (AvgIpc) is 3.20. The van der Waals surface area contributed by atoms with Crippen LogP contribution in [0.25, 0.3) is 10.9 Å². The van der Waals surface area contributed by atoms with Crippen molar-refractivity contribution in [2.24, 2.45) is 0 Å². The van der Waals surface area contributed by atoms with Gasteiger partial charge < -0.3 is 19.1 Å². The number of hydrogen-bond donors (Lipinski definition) is 1. The number of aromatic carboxylic acids is 1. The van der Waals surface area contributed by atoms with Crippen molar-refractivity contribution >= 4 is 16.9 Å². The maximum atomic E-state index is 11.3.